The quantitative estimate of drug-likeness (QED) is 0.702. The second-order valence-corrected chi connectivity index (χ2v) is 7.96. The third-order valence-electron chi connectivity index (χ3n) is 5.07. The molecule has 1 aliphatic carbocycles. The Morgan fingerprint density at radius 3 is 2.12 bits per heavy atom. The summed E-state index contributed by atoms with van der Waals surface area (Å²) in [5.41, 5.74) is 1.14. The van der Waals surface area contributed by atoms with Gasteiger partial charge in [-0.3, -0.25) is 0 Å². The van der Waals surface area contributed by atoms with Gasteiger partial charge in [0, 0.05) is 11.9 Å². The molecule has 0 bridgehead atoms. The molecule has 2 aliphatic rings. The third-order valence-corrected chi connectivity index (χ3v) is 6.26. The Bertz CT molecular complexity index is 239. The number of rotatable bonds is 3. The Morgan fingerprint density at radius 1 is 1.18 bits per heavy atom. The summed E-state index contributed by atoms with van der Waals surface area (Å²) in [6.07, 6.45) is 7.14. The molecule has 0 aromatic carbocycles. The fourth-order valence-corrected chi connectivity index (χ4v) is 4.18. The van der Waals surface area contributed by atoms with Gasteiger partial charge < -0.3 is 4.90 Å². The Labute approximate surface area is 115 Å². The van der Waals surface area contributed by atoms with Gasteiger partial charge in [0.2, 0.25) is 0 Å². The first-order chi connectivity index (χ1) is 7.95. The van der Waals surface area contributed by atoms with Gasteiger partial charge in [-0.25, -0.2) is 0 Å². The average molecular weight is 302 g/mol. The lowest BCUT2D eigenvalue weighted by molar-refractivity contribution is 0.0486. The van der Waals surface area contributed by atoms with Gasteiger partial charge in [-0.15, -0.1) is 0 Å². The summed E-state index contributed by atoms with van der Waals surface area (Å²) >= 11 is 3.73. The van der Waals surface area contributed by atoms with Gasteiger partial charge in [-0.05, 0) is 55.5 Å². The molecule has 0 spiro atoms. The highest BCUT2D eigenvalue weighted by molar-refractivity contribution is 9.09. The maximum absolute atomic E-state index is 3.73. The highest BCUT2D eigenvalue weighted by Crippen LogP contribution is 2.44. The van der Waals surface area contributed by atoms with E-state index in [0.717, 1.165) is 5.92 Å². The smallest absolute Gasteiger partial charge is 0.0100 e. The van der Waals surface area contributed by atoms with Crippen LogP contribution in [-0.4, -0.2) is 29.9 Å². The van der Waals surface area contributed by atoms with E-state index >= 15 is 0 Å². The molecule has 1 aliphatic heterocycles. The molecule has 0 unspecified atom stereocenters. The molecule has 0 amide bonds. The highest BCUT2D eigenvalue weighted by Gasteiger charge is 2.38. The van der Waals surface area contributed by atoms with Gasteiger partial charge in [0.25, 0.3) is 0 Å². The fourth-order valence-electron chi connectivity index (χ4n) is 3.44. The van der Waals surface area contributed by atoms with Crippen molar-refractivity contribution in [2.45, 2.75) is 52.9 Å². The Balaban J connectivity index is 1.79. The lowest BCUT2D eigenvalue weighted by atomic mass is 9.69. The topological polar surface area (TPSA) is 3.24 Å². The van der Waals surface area contributed by atoms with Crippen molar-refractivity contribution in [1.29, 1.82) is 0 Å². The minimum absolute atomic E-state index is 0.510. The molecule has 0 atom stereocenters. The van der Waals surface area contributed by atoms with E-state index in [0.29, 0.717) is 10.8 Å². The number of nitrogens with zero attached hydrogens (tertiary/aromatic N) is 1. The summed E-state index contributed by atoms with van der Waals surface area (Å²) in [4.78, 5) is 2.72. The average Bonchev–Trinajstić information content (AvgIpc) is 2.23. The molecular formula is C15H28BrN. The molecule has 2 fully saturated rings. The number of likely N-dealkylation sites (tertiary alicyclic amines) is 1. The monoisotopic (exact) mass is 301 g/mol. The van der Waals surface area contributed by atoms with E-state index in [2.05, 4.69) is 41.6 Å². The van der Waals surface area contributed by atoms with Gasteiger partial charge in [0.1, 0.15) is 0 Å². The van der Waals surface area contributed by atoms with Crippen LogP contribution in [0.5, 0.6) is 0 Å². The normalized spacial score (nSPS) is 26.8. The molecule has 1 heterocycles. The van der Waals surface area contributed by atoms with E-state index in [9.17, 15) is 0 Å². The largest absolute Gasteiger partial charge is 0.303 e. The van der Waals surface area contributed by atoms with Crippen LogP contribution < -0.4 is 0 Å². The van der Waals surface area contributed by atoms with E-state index < -0.39 is 0 Å². The Kier molecular flexibility index (Phi) is 4.24. The number of hydrogen-bond donors (Lipinski definition) is 0. The van der Waals surface area contributed by atoms with E-state index in [4.69, 9.17) is 0 Å². The van der Waals surface area contributed by atoms with Crippen molar-refractivity contribution in [3.05, 3.63) is 0 Å². The molecule has 0 radical (unpaired) electrons. The standard InChI is InChI=1S/C15H28BrN/c1-14(2,3)13-5-9-17(10-6-13)12-15(11-16)7-4-8-15/h13H,4-12H2,1-3H3. The van der Waals surface area contributed by atoms with Crippen LogP contribution in [0, 0.1) is 16.7 Å². The molecule has 100 valence electrons. The van der Waals surface area contributed by atoms with Crippen molar-refractivity contribution in [2.75, 3.05) is 25.0 Å². The number of halogens is 1. The lowest BCUT2D eigenvalue weighted by Crippen LogP contribution is -2.47. The minimum atomic E-state index is 0.510. The van der Waals surface area contributed by atoms with E-state index in [1.807, 2.05) is 0 Å². The summed E-state index contributed by atoms with van der Waals surface area (Å²) in [7, 11) is 0. The zero-order chi connectivity index (χ0) is 12.5. The molecule has 0 N–H and O–H groups in total. The molecule has 1 saturated carbocycles. The molecule has 2 rings (SSSR count). The van der Waals surface area contributed by atoms with Gasteiger partial charge in [0.05, 0.1) is 0 Å². The molecule has 17 heavy (non-hydrogen) atoms. The van der Waals surface area contributed by atoms with Crippen molar-refractivity contribution in [3.63, 3.8) is 0 Å². The first-order valence-electron chi connectivity index (χ1n) is 7.24. The first-order valence-corrected chi connectivity index (χ1v) is 8.36. The van der Waals surface area contributed by atoms with Crippen LogP contribution in [0.2, 0.25) is 0 Å². The molecule has 1 nitrogen and oxygen atoms in total. The first kappa shape index (κ1) is 13.9. The summed E-state index contributed by atoms with van der Waals surface area (Å²) in [5.74, 6) is 0.931. The second-order valence-electron chi connectivity index (χ2n) is 7.40. The van der Waals surface area contributed by atoms with Gasteiger partial charge >= 0.3 is 0 Å². The number of piperidine rings is 1. The van der Waals surface area contributed by atoms with Gasteiger partial charge in [0.15, 0.2) is 0 Å². The van der Waals surface area contributed by atoms with Crippen LogP contribution >= 0.6 is 15.9 Å². The zero-order valence-electron chi connectivity index (χ0n) is 11.8. The highest BCUT2D eigenvalue weighted by atomic mass is 79.9. The number of alkyl halides is 1. The predicted octanol–water partition coefficient (Wildman–Crippen LogP) is 4.31. The predicted molar refractivity (Wildman–Crippen MR) is 78.7 cm³/mol. The third kappa shape index (κ3) is 3.26. The SMILES string of the molecule is CC(C)(C)C1CCN(CC2(CBr)CCC2)CC1. The van der Waals surface area contributed by atoms with Gasteiger partial charge in [-0.2, -0.15) is 0 Å². The summed E-state index contributed by atoms with van der Waals surface area (Å²) in [6.45, 7) is 11.2. The van der Waals surface area contributed by atoms with E-state index in [-0.39, 0.29) is 0 Å². The molecule has 0 aromatic heterocycles. The van der Waals surface area contributed by atoms with Crippen molar-refractivity contribution >= 4 is 15.9 Å². The molecule has 0 aromatic rings. The zero-order valence-corrected chi connectivity index (χ0v) is 13.4. The lowest BCUT2D eigenvalue weighted by Gasteiger charge is -2.47. The summed E-state index contributed by atoms with van der Waals surface area (Å²) in [5, 5.41) is 1.21. The van der Waals surface area contributed by atoms with Crippen molar-refractivity contribution in [3.8, 4) is 0 Å². The molecule has 1 saturated heterocycles. The van der Waals surface area contributed by atoms with Crippen molar-refractivity contribution < 1.29 is 0 Å². The maximum atomic E-state index is 3.73. The van der Waals surface area contributed by atoms with Crippen molar-refractivity contribution in [1.82, 2.24) is 4.90 Å². The number of hydrogen-bond acceptors (Lipinski definition) is 1. The van der Waals surface area contributed by atoms with Crippen LogP contribution in [0.1, 0.15) is 52.9 Å². The van der Waals surface area contributed by atoms with E-state index in [1.54, 1.807) is 0 Å². The van der Waals surface area contributed by atoms with Crippen LogP contribution in [0.15, 0.2) is 0 Å². The van der Waals surface area contributed by atoms with Crippen LogP contribution in [0.25, 0.3) is 0 Å². The van der Waals surface area contributed by atoms with Crippen LogP contribution in [-0.2, 0) is 0 Å². The summed E-state index contributed by atoms with van der Waals surface area (Å²) in [6, 6.07) is 0. The minimum Gasteiger partial charge on any atom is -0.303 e. The maximum Gasteiger partial charge on any atom is 0.0100 e. The summed E-state index contributed by atoms with van der Waals surface area (Å²) < 4.78 is 0. The second kappa shape index (κ2) is 5.21. The van der Waals surface area contributed by atoms with Gasteiger partial charge in [-0.1, -0.05) is 43.1 Å². The van der Waals surface area contributed by atoms with Crippen molar-refractivity contribution in [2.24, 2.45) is 16.7 Å². The van der Waals surface area contributed by atoms with Crippen LogP contribution in [0.3, 0.4) is 0 Å². The fraction of sp³-hybridized carbons (Fsp3) is 1.00. The Morgan fingerprint density at radius 2 is 1.76 bits per heavy atom. The van der Waals surface area contributed by atoms with E-state index in [1.165, 1.54) is 57.1 Å². The molecule has 2 heteroatoms. The van der Waals surface area contributed by atoms with Crippen LogP contribution in [0.4, 0.5) is 0 Å². The molecular weight excluding hydrogens is 274 g/mol. The Hall–Kier alpha value is 0.440.